The molecule has 2 aromatic carbocycles. The predicted octanol–water partition coefficient (Wildman–Crippen LogP) is 5.72. The highest BCUT2D eigenvalue weighted by Gasteiger charge is 2.19. The minimum absolute atomic E-state index is 0.0109. The van der Waals surface area contributed by atoms with Gasteiger partial charge in [-0.2, -0.15) is 0 Å². The molecule has 3 aromatic rings. The van der Waals surface area contributed by atoms with Gasteiger partial charge in [-0.1, -0.05) is 50.3 Å². The van der Waals surface area contributed by atoms with Crippen LogP contribution in [0.1, 0.15) is 36.2 Å². The lowest BCUT2D eigenvalue weighted by Crippen LogP contribution is -2.19. The lowest BCUT2D eigenvalue weighted by Gasteiger charge is -2.21. The van der Waals surface area contributed by atoms with E-state index in [0.29, 0.717) is 6.42 Å². The zero-order valence-electron chi connectivity index (χ0n) is 20.4. The van der Waals surface area contributed by atoms with E-state index in [1.807, 2.05) is 62.8 Å². The summed E-state index contributed by atoms with van der Waals surface area (Å²) in [5.41, 5.74) is 4.05. The Balaban J connectivity index is 0.00000149. The summed E-state index contributed by atoms with van der Waals surface area (Å²) in [6.45, 7) is 5.66. The number of carbonyl (C=O) groups excluding carboxylic acids is 1. The molecule has 0 unspecified atom stereocenters. The molecule has 1 aliphatic rings. The second-order valence-electron chi connectivity index (χ2n) is 8.17. The second kappa shape index (κ2) is 11.5. The van der Waals surface area contributed by atoms with Gasteiger partial charge < -0.3 is 14.5 Å². The molecule has 0 spiro atoms. The number of ether oxygens (including phenoxy) is 1. The highest BCUT2D eigenvalue weighted by Crippen LogP contribution is 2.28. The summed E-state index contributed by atoms with van der Waals surface area (Å²) in [7, 11) is 5.78. The Labute approximate surface area is 197 Å². The van der Waals surface area contributed by atoms with Crippen LogP contribution in [-0.2, 0) is 13.0 Å². The van der Waals surface area contributed by atoms with E-state index < -0.39 is 0 Å². The molecule has 4 rings (SSSR count). The number of hydrogen-bond acceptors (Lipinski definition) is 4. The van der Waals surface area contributed by atoms with Gasteiger partial charge in [0.1, 0.15) is 5.75 Å². The summed E-state index contributed by atoms with van der Waals surface area (Å²) in [6, 6.07) is 16.2. The normalized spacial score (nSPS) is 13.0. The molecule has 0 aliphatic carbocycles. The maximum atomic E-state index is 13.5. The molecule has 0 N–H and O–H groups in total. The van der Waals surface area contributed by atoms with Crippen LogP contribution >= 0.6 is 0 Å². The number of hydrogen-bond donors (Lipinski definition) is 0. The molecule has 0 amide bonds. The van der Waals surface area contributed by atoms with Crippen LogP contribution < -0.4 is 4.74 Å². The first-order valence-electron chi connectivity index (χ1n) is 11.6. The number of nitrogens with zero attached hydrogens (tertiary/aromatic N) is 3. The van der Waals surface area contributed by atoms with E-state index >= 15 is 0 Å². The Bertz CT molecular complexity index is 1130. The molecule has 0 bridgehead atoms. The molecule has 174 valence electrons. The molecular weight excluding hydrogens is 410 g/mol. The van der Waals surface area contributed by atoms with Crippen molar-refractivity contribution in [2.24, 2.45) is 0 Å². The van der Waals surface area contributed by atoms with Crippen LogP contribution in [0.2, 0.25) is 0 Å². The van der Waals surface area contributed by atoms with E-state index in [0.717, 1.165) is 41.7 Å². The summed E-state index contributed by atoms with van der Waals surface area (Å²) < 4.78 is 7.21. The van der Waals surface area contributed by atoms with E-state index in [-0.39, 0.29) is 5.91 Å². The van der Waals surface area contributed by atoms with Gasteiger partial charge in [0.05, 0.1) is 12.6 Å². The molecule has 0 radical (unpaired) electrons. The minimum atomic E-state index is 0.0109. The van der Waals surface area contributed by atoms with Crippen molar-refractivity contribution in [2.45, 2.75) is 33.2 Å². The van der Waals surface area contributed by atoms with Gasteiger partial charge in [0.15, 0.2) is 0 Å². The Morgan fingerprint density at radius 3 is 2.55 bits per heavy atom. The summed E-state index contributed by atoms with van der Waals surface area (Å²) in [5.74, 6) is 0.763. The average molecular weight is 446 g/mol. The lowest BCUT2D eigenvalue weighted by atomic mass is 10.1. The second-order valence-corrected chi connectivity index (χ2v) is 8.17. The molecule has 1 aromatic heterocycles. The Kier molecular flexibility index (Phi) is 8.50. The van der Waals surface area contributed by atoms with Crippen LogP contribution in [0.4, 0.5) is 0 Å². The third-order valence-electron chi connectivity index (χ3n) is 5.58. The Hall–Kier alpha value is -3.31. The molecule has 5 heteroatoms. The lowest BCUT2D eigenvalue weighted by molar-refractivity contribution is 0.0955. The van der Waals surface area contributed by atoms with Gasteiger partial charge in [-0.25, -0.2) is 0 Å². The molecule has 1 aliphatic heterocycles. The molecule has 33 heavy (non-hydrogen) atoms. The van der Waals surface area contributed by atoms with Crippen molar-refractivity contribution in [3.8, 4) is 5.75 Å². The molecule has 0 atom stereocenters. The Morgan fingerprint density at radius 1 is 1.09 bits per heavy atom. The zero-order chi connectivity index (χ0) is 23.8. The molecule has 0 saturated heterocycles. The highest BCUT2D eigenvalue weighted by atomic mass is 16.5. The van der Waals surface area contributed by atoms with Crippen molar-refractivity contribution >= 4 is 16.8 Å². The number of aromatic nitrogens is 1. The van der Waals surface area contributed by atoms with Gasteiger partial charge >= 0.3 is 0 Å². The third-order valence-corrected chi connectivity index (χ3v) is 5.58. The quantitative estimate of drug-likeness (QED) is 0.466. The Morgan fingerprint density at radius 2 is 1.85 bits per heavy atom. The van der Waals surface area contributed by atoms with Gasteiger partial charge in [-0.3, -0.25) is 9.36 Å². The van der Waals surface area contributed by atoms with Gasteiger partial charge in [-0.05, 0) is 50.2 Å². The summed E-state index contributed by atoms with van der Waals surface area (Å²) in [6.07, 6.45) is 9.58. The van der Waals surface area contributed by atoms with E-state index in [1.165, 1.54) is 11.1 Å². The highest BCUT2D eigenvalue weighted by molar-refractivity contribution is 6.03. The minimum Gasteiger partial charge on any atom is -0.497 e. The van der Waals surface area contributed by atoms with Crippen LogP contribution in [0.5, 0.6) is 5.75 Å². The van der Waals surface area contributed by atoms with Crippen molar-refractivity contribution < 1.29 is 9.53 Å². The van der Waals surface area contributed by atoms with E-state index in [2.05, 4.69) is 48.2 Å². The fourth-order valence-electron chi connectivity index (χ4n) is 3.92. The molecule has 0 saturated carbocycles. The number of methoxy groups -OCH3 is 1. The molecule has 2 heterocycles. The number of likely N-dealkylation sites (N-methyl/N-ethyl adjacent to an activating group) is 1. The topological polar surface area (TPSA) is 37.7 Å². The number of carbonyl (C=O) groups is 1. The zero-order valence-corrected chi connectivity index (χ0v) is 20.4. The van der Waals surface area contributed by atoms with Gasteiger partial charge in [0.2, 0.25) is 0 Å². The van der Waals surface area contributed by atoms with Crippen molar-refractivity contribution in [3.63, 3.8) is 0 Å². The largest absolute Gasteiger partial charge is 0.497 e. The maximum Gasteiger partial charge on any atom is 0.260 e. The fourth-order valence-corrected chi connectivity index (χ4v) is 3.92. The van der Waals surface area contributed by atoms with E-state index in [9.17, 15) is 4.79 Å². The first-order chi connectivity index (χ1) is 16.0. The molecular formula is C28H35N3O2. The number of allylic oxidation sites excluding steroid dienone is 2. The number of benzene rings is 2. The maximum absolute atomic E-state index is 13.5. The van der Waals surface area contributed by atoms with Crippen LogP contribution in [0.3, 0.4) is 0 Å². The summed E-state index contributed by atoms with van der Waals surface area (Å²) in [5, 5.41) is 1.10. The predicted molar refractivity (Wildman–Crippen MR) is 137 cm³/mol. The van der Waals surface area contributed by atoms with Crippen LogP contribution in [0.15, 0.2) is 78.8 Å². The first kappa shape index (κ1) is 24.3. The number of rotatable bonds is 7. The standard InChI is InChI=1S/C26H29N3O2.C2H6/c1-27(2)15-13-21-19-29(25-16-23(31-3)11-12-24(21)25)26(30)22-10-7-14-28(18-22)17-20-8-5-4-6-9-20;1-2/h4-9,11-12,14,16,18-19H,10,13,15,17H2,1-3H3;1-2H3. The van der Waals surface area contributed by atoms with Crippen molar-refractivity contribution in [1.29, 1.82) is 0 Å². The van der Waals surface area contributed by atoms with Gasteiger partial charge in [0, 0.05) is 48.7 Å². The number of fused-ring (bicyclic) bond motifs is 1. The van der Waals surface area contributed by atoms with Gasteiger partial charge in [-0.15, -0.1) is 0 Å². The van der Waals surface area contributed by atoms with Crippen LogP contribution in [-0.4, -0.2) is 48.0 Å². The summed E-state index contributed by atoms with van der Waals surface area (Å²) >= 11 is 0. The molecule has 0 fully saturated rings. The summed E-state index contributed by atoms with van der Waals surface area (Å²) in [4.78, 5) is 17.8. The van der Waals surface area contributed by atoms with Crippen molar-refractivity contribution in [3.05, 3.63) is 89.9 Å². The average Bonchev–Trinajstić information content (AvgIpc) is 3.22. The molecule has 5 nitrogen and oxygen atoms in total. The van der Waals surface area contributed by atoms with Crippen LogP contribution in [0, 0.1) is 0 Å². The smallest absolute Gasteiger partial charge is 0.260 e. The van der Waals surface area contributed by atoms with Crippen molar-refractivity contribution in [2.75, 3.05) is 27.7 Å². The monoisotopic (exact) mass is 445 g/mol. The van der Waals surface area contributed by atoms with E-state index in [4.69, 9.17) is 4.74 Å². The van der Waals surface area contributed by atoms with Crippen LogP contribution in [0.25, 0.3) is 10.9 Å². The SMILES string of the molecule is CC.COc1ccc2c(CCN(C)C)cn(C(=O)C3=CN(Cc4ccccc4)C=CC3)c2c1. The third kappa shape index (κ3) is 5.93. The van der Waals surface area contributed by atoms with Crippen molar-refractivity contribution in [1.82, 2.24) is 14.4 Å². The fraction of sp³-hybridized carbons (Fsp3) is 0.321. The van der Waals surface area contributed by atoms with Gasteiger partial charge in [0.25, 0.3) is 5.91 Å². The van der Waals surface area contributed by atoms with E-state index in [1.54, 1.807) is 11.7 Å². The first-order valence-corrected chi connectivity index (χ1v) is 11.6.